The molecule has 6 nitrogen and oxygen atoms in total. The van der Waals surface area contributed by atoms with Gasteiger partial charge in [-0.15, -0.1) is 0 Å². The lowest BCUT2D eigenvalue weighted by Gasteiger charge is -2.20. The molecule has 0 spiro atoms. The first kappa shape index (κ1) is 16.8. The molecule has 0 aliphatic heterocycles. The molecule has 1 aromatic carbocycles. The van der Waals surface area contributed by atoms with Crippen molar-refractivity contribution in [1.82, 2.24) is 4.90 Å². The predicted octanol–water partition coefficient (Wildman–Crippen LogP) is 1.51. The second kappa shape index (κ2) is 8.86. The van der Waals surface area contributed by atoms with Crippen LogP contribution in [0.2, 0.25) is 0 Å². The van der Waals surface area contributed by atoms with Crippen LogP contribution in [0.1, 0.15) is 29.6 Å². The molecule has 0 aliphatic carbocycles. The second-order valence-corrected chi connectivity index (χ2v) is 4.71. The van der Waals surface area contributed by atoms with Crippen LogP contribution in [0, 0.1) is 0 Å². The number of rotatable bonds is 10. The average molecular weight is 293 g/mol. The van der Waals surface area contributed by atoms with Gasteiger partial charge in [-0.3, -0.25) is 19.3 Å². The van der Waals surface area contributed by atoms with Crippen molar-refractivity contribution in [2.75, 3.05) is 19.6 Å². The van der Waals surface area contributed by atoms with Crippen LogP contribution in [0.15, 0.2) is 30.3 Å². The van der Waals surface area contributed by atoms with Gasteiger partial charge in [0.15, 0.2) is 5.78 Å². The van der Waals surface area contributed by atoms with Gasteiger partial charge in [0.05, 0.1) is 13.0 Å². The molecule has 114 valence electrons. The zero-order chi connectivity index (χ0) is 15.7. The van der Waals surface area contributed by atoms with Crippen molar-refractivity contribution in [1.29, 1.82) is 0 Å². The van der Waals surface area contributed by atoms with Crippen LogP contribution in [-0.4, -0.2) is 52.5 Å². The fourth-order valence-electron chi connectivity index (χ4n) is 1.90. The van der Waals surface area contributed by atoms with E-state index in [1.54, 1.807) is 29.2 Å². The monoisotopic (exact) mass is 293 g/mol. The molecule has 6 heteroatoms. The largest absolute Gasteiger partial charge is 0.481 e. The number of Topliss-reactive ketones (excluding diaryl/α,β-unsaturated/α-hetero) is 1. The number of benzene rings is 1. The van der Waals surface area contributed by atoms with E-state index in [0.717, 1.165) is 0 Å². The second-order valence-electron chi connectivity index (χ2n) is 4.71. The molecule has 21 heavy (non-hydrogen) atoms. The van der Waals surface area contributed by atoms with Gasteiger partial charge in [-0.05, 0) is 13.0 Å². The van der Waals surface area contributed by atoms with Gasteiger partial charge in [-0.1, -0.05) is 30.3 Å². The maximum Gasteiger partial charge on any atom is 0.304 e. The third-order valence-corrected chi connectivity index (χ3v) is 2.97. The van der Waals surface area contributed by atoms with Crippen molar-refractivity contribution >= 4 is 17.7 Å². The van der Waals surface area contributed by atoms with E-state index >= 15 is 0 Å². The Morgan fingerprint density at radius 1 is 0.905 bits per heavy atom. The number of carboxylic acid groups (broad SMARTS) is 2. The SMILES string of the molecule is O=C(O)CCCN(CCC(=O)O)CC(=O)c1ccccc1. The van der Waals surface area contributed by atoms with Gasteiger partial charge in [0.2, 0.25) is 0 Å². The molecule has 0 unspecified atom stereocenters. The molecule has 2 N–H and O–H groups in total. The number of hydrogen-bond donors (Lipinski definition) is 2. The molecule has 0 radical (unpaired) electrons. The number of nitrogens with zero attached hydrogens (tertiary/aromatic N) is 1. The summed E-state index contributed by atoms with van der Waals surface area (Å²) >= 11 is 0. The lowest BCUT2D eigenvalue weighted by Crippen LogP contribution is -2.33. The van der Waals surface area contributed by atoms with Crippen molar-refractivity contribution in [3.05, 3.63) is 35.9 Å². The average Bonchev–Trinajstić information content (AvgIpc) is 2.45. The molecule has 0 atom stereocenters. The maximum absolute atomic E-state index is 12.1. The molecule has 1 aromatic rings. The summed E-state index contributed by atoms with van der Waals surface area (Å²) in [7, 11) is 0. The van der Waals surface area contributed by atoms with Gasteiger partial charge in [0.1, 0.15) is 0 Å². The summed E-state index contributed by atoms with van der Waals surface area (Å²) in [5, 5.41) is 17.3. The number of carbonyl (C=O) groups is 3. The van der Waals surface area contributed by atoms with E-state index in [-0.39, 0.29) is 31.7 Å². The number of carbonyl (C=O) groups excluding carboxylic acids is 1. The van der Waals surface area contributed by atoms with Crippen LogP contribution >= 0.6 is 0 Å². The summed E-state index contributed by atoms with van der Waals surface area (Å²) in [6.45, 7) is 0.711. The van der Waals surface area contributed by atoms with E-state index in [1.807, 2.05) is 6.07 Å². The third-order valence-electron chi connectivity index (χ3n) is 2.97. The summed E-state index contributed by atoms with van der Waals surface area (Å²) in [5.41, 5.74) is 0.566. The molecule has 0 aromatic heterocycles. The molecule has 0 bridgehead atoms. The van der Waals surface area contributed by atoms with E-state index in [0.29, 0.717) is 18.5 Å². The Balaban J connectivity index is 2.56. The first-order valence-electron chi connectivity index (χ1n) is 6.73. The number of hydrogen-bond acceptors (Lipinski definition) is 4. The van der Waals surface area contributed by atoms with Crippen LogP contribution in [0.4, 0.5) is 0 Å². The summed E-state index contributed by atoms with van der Waals surface area (Å²) in [6.07, 6.45) is 0.315. The summed E-state index contributed by atoms with van der Waals surface area (Å²) in [4.78, 5) is 34.9. The minimum Gasteiger partial charge on any atom is -0.481 e. The summed E-state index contributed by atoms with van der Waals surface area (Å²) in [6, 6.07) is 8.74. The van der Waals surface area contributed by atoms with Gasteiger partial charge in [0, 0.05) is 18.5 Å². The molecule has 0 heterocycles. The normalized spacial score (nSPS) is 10.5. The van der Waals surface area contributed by atoms with Gasteiger partial charge < -0.3 is 10.2 Å². The summed E-state index contributed by atoms with van der Waals surface area (Å²) < 4.78 is 0. The topological polar surface area (TPSA) is 94.9 Å². The van der Waals surface area contributed by atoms with Gasteiger partial charge >= 0.3 is 11.9 Å². The maximum atomic E-state index is 12.1. The van der Waals surface area contributed by atoms with E-state index in [4.69, 9.17) is 10.2 Å². The van der Waals surface area contributed by atoms with Crippen molar-refractivity contribution in [3.8, 4) is 0 Å². The van der Waals surface area contributed by atoms with Crippen LogP contribution in [0.5, 0.6) is 0 Å². The predicted molar refractivity (Wildman–Crippen MR) is 76.3 cm³/mol. The number of aliphatic carboxylic acids is 2. The highest BCUT2D eigenvalue weighted by atomic mass is 16.4. The van der Waals surface area contributed by atoms with E-state index in [9.17, 15) is 14.4 Å². The zero-order valence-electron chi connectivity index (χ0n) is 11.7. The minimum atomic E-state index is -0.939. The Morgan fingerprint density at radius 2 is 1.52 bits per heavy atom. The number of carboxylic acids is 2. The lowest BCUT2D eigenvalue weighted by molar-refractivity contribution is -0.138. The molecule has 1 rings (SSSR count). The highest BCUT2D eigenvalue weighted by Gasteiger charge is 2.14. The van der Waals surface area contributed by atoms with Crippen molar-refractivity contribution in [3.63, 3.8) is 0 Å². The van der Waals surface area contributed by atoms with Crippen LogP contribution in [-0.2, 0) is 9.59 Å². The zero-order valence-corrected chi connectivity index (χ0v) is 11.7. The first-order chi connectivity index (χ1) is 9.99. The minimum absolute atomic E-state index is 0.00307. The lowest BCUT2D eigenvalue weighted by atomic mass is 10.1. The van der Waals surface area contributed by atoms with Crippen molar-refractivity contribution < 1.29 is 24.6 Å². The quantitative estimate of drug-likeness (QED) is 0.635. The highest BCUT2D eigenvalue weighted by molar-refractivity contribution is 5.97. The first-order valence-corrected chi connectivity index (χ1v) is 6.73. The Morgan fingerprint density at radius 3 is 2.10 bits per heavy atom. The smallest absolute Gasteiger partial charge is 0.304 e. The van der Waals surface area contributed by atoms with Crippen LogP contribution in [0.3, 0.4) is 0 Å². The molecule has 0 saturated heterocycles. The molecule has 0 saturated carbocycles. The molecular formula is C15H19NO5. The van der Waals surface area contributed by atoms with Gasteiger partial charge in [-0.25, -0.2) is 0 Å². The van der Waals surface area contributed by atoms with Crippen molar-refractivity contribution in [2.45, 2.75) is 19.3 Å². The Labute approximate surface area is 123 Å². The van der Waals surface area contributed by atoms with E-state index in [1.165, 1.54) is 0 Å². The Kier molecular flexibility index (Phi) is 7.11. The third kappa shape index (κ3) is 7.22. The molecule has 0 aliphatic rings. The number of ketones is 1. The molecule has 0 fully saturated rings. The van der Waals surface area contributed by atoms with Gasteiger partial charge in [-0.2, -0.15) is 0 Å². The standard InChI is InChI=1S/C15H19NO5/c17-13(12-5-2-1-3-6-12)11-16(10-8-15(20)21)9-4-7-14(18)19/h1-3,5-6H,4,7-11H2,(H,18,19)(H,20,21). The van der Waals surface area contributed by atoms with Crippen LogP contribution in [0.25, 0.3) is 0 Å². The van der Waals surface area contributed by atoms with Crippen molar-refractivity contribution in [2.24, 2.45) is 0 Å². The highest BCUT2D eigenvalue weighted by Crippen LogP contribution is 2.04. The van der Waals surface area contributed by atoms with E-state index < -0.39 is 11.9 Å². The Hall–Kier alpha value is -2.21. The van der Waals surface area contributed by atoms with E-state index in [2.05, 4.69) is 0 Å². The summed E-state index contributed by atoms with van der Waals surface area (Å²) in [5.74, 6) is -1.94. The molecular weight excluding hydrogens is 274 g/mol. The fourth-order valence-corrected chi connectivity index (χ4v) is 1.90. The van der Waals surface area contributed by atoms with Gasteiger partial charge in [0.25, 0.3) is 0 Å². The fraction of sp³-hybridized carbons (Fsp3) is 0.400. The Bertz CT molecular complexity index is 486. The molecule has 0 amide bonds. The van der Waals surface area contributed by atoms with Crippen LogP contribution < -0.4 is 0 Å².